The van der Waals surface area contributed by atoms with E-state index in [1.807, 2.05) is 0 Å². The van der Waals surface area contributed by atoms with Crippen LogP contribution in [0.2, 0.25) is 10.0 Å². The summed E-state index contributed by atoms with van der Waals surface area (Å²) in [7, 11) is 0. The first kappa shape index (κ1) is 17.8. The third-order valence-electron chi connectivity index (χ3n) is 2.85. The van der Waals surface area contributed by atoms with Gasteiger partial charge in [0, 0.05) is 23.3 Å². The molecule has 8 heteroatoms. The van der Waals surface area contributed by atoms with Gasteiger partial charge in [-0.2, -0.15) is 0 Å². The lowest BCUT2D eigenvalue weighted by Crippen LogP contribution is -2.29. The van der Waals surface area contributed by atoms with Crippen molar-refractivity contribution in [2.75, 3.05) is 16.0 Å². The Morgan fingerprint density at radius 2 is 1.33 bits per heavy atom. The average molecular weight is 366 g/mol. The van der Waals surface area contributed by atoms with E-state index in [1.54, 1.807) is 30.3 Å². The highest BCUT2D eigenvalue weighted by Crippen LogP contribution is 2.25. The molecule has 0 atom stereocenters. The fourth-order valence-corrected chi connectivity index (χ4v) is 2.14. The second kappa shape index (κ2) is 7.81. The van der Waals surface area contributed by atoms with Crippen LogP contribution >= 0.6 is 23.2 Å². The zero-order valence-electron chi connectivity index (χ0n) is 12.5. The molecule has 0 radical (unpaired) electrons. The van der Waals surface area contributed by atoms with E-state index in [0.717, 1.165) is 0 Å². The molecule has 6 nitrogen and oxygen atoms in total. The molecule has 3 N–H and O–H groups in total. The minimum atomic E-state index is -0.884. The van der Waals surface area contributed by atoms with Crippen LogP contribution in [0.1, 0.15) is 6.92 Å². The van der Waals surface area contributed by atoms with E-state index in [2.05, 4.69) is 16.0 Å². The van der Waals surface area contributed by atoms with Crippen molar-refractivity contribution in [2.24, 2.45) is 0 Å². The maximum absolute atomic E-state index is 11.9. The summed E-state index contributed by atoms with van der Waals surface area (Å²) >= 11 is 11.7. The highest BCUT2D eigenvalue weighted by Gasteiger charge is 2.15. The van der Waals surface area contributed by atoms with Gasteiger partial charge < -0.3 is 16.0 Å². The number of halogens is 2. The Kier molecular flexibility index (Phi) is 5.78. The predicted molar refractivity (Wildman–Crippen MR) is 94.5 cm³/mol. The summed E-state index contributed by atoms with van der Waals surface area (Å²) in [4.78, 5) is 34.8. The molecular weight excluding hydrogens is 353 g/mol. The molecule has 0 aliphatic rings. The number of hydrogen-bond acceptors (Lipinski definition) is 3. The van der Waals surface area contributed by atoms with Crippen LogP contribution in [-0.4, -0.2) is 17.7 Å². The van der Waals surface area contributed by atoms with Crippen molar-refractivity contribution < 1.29 is 14.4 Å². The first-order valence-corrected chi connectivity index (χ1v) is 7.56. The molecule has 3 amide bonds. The van der Waals surface area contributed by atoms with Crippen molar-refractivity contribution in [1.29, 1.82) is 0 Å². The fraction of sp³-hybridized carbons (Fsp3) is 0.0625. The van der Waals surface area contributed by atoms with Gasteiger partial charge in [0.2, 0.25) is 5.91 Å². The van der Waals surface area contributed by atoms with Crippen molar-refractivity contribution in [3.05, 3.63) is 52.5 Å². The van der Waals surface area contributed by atoms with Gasteiger partial charge in [0.1, 0.15) is 0 Å². The van der Waals surface area contributed by atoms with Gasteiger partial charge >= 0.3 is 11.8 Å². The maximum atomic E-state index is 11.9. The highest BCUT2D eigenvalue weighted by atomic mass is 35.5. The zero-order chi connectivity index (χ0) is 17.7. The Morgan fingerprint density at radius 1 is 0.792 bits per heavy atom. The quantitative estimate of drug-likeness (QED) is 0.727. The summed E-state index contributed by atoms with van der Waals surface area (Å²) in [5, 5.41) is 8.06. The number of carbonyl (C=O) groups is 3. The second-order valence-electron chi connectivity index (χ2n) is 4.79. The van der Waals surface area contributed by atoms with Crippen LogP contribution in [0, 0.1) is 0 Å². The third kappa shape index (κ3) is 4.97. The second-order valence-corrected chi connectivity index (χ2v) is 5.63. The smallest absolute Gasteiger partial charge is 0.314 e. The summed E-state index contributed by atoms with van der Waals surface area (Å²) in [6, 6.07) is 10.8. The van der Waals surface area contributed by atoms with Crippen LogP contribution in [-0.2, 0) is 14.4 Å². The highest BCUT2D eigenvalue weighted by molar-refractivity contribution is 6.45. The molecule has 2 aromatic rings. The van der Waals surface area contributed by atoms with Crippen LogP contribution in [0.4, 0.5) is 17.1 Å². The van der Waals surface area contributed by atoms with Gasteiger partial charge in [-0.3, -0.25) is 14.4 Å². The van der Waals surface area contributed by atoms with Crippen LogP contribution in [0.15, 0.2) is 42.5 Å². The molecule has 24 heavy (non-hydrogen) atoms. The molecule has 0 heterocycles. The predicted octanol–water partition coefficient (Wildman–Crippen LogP) is 3.53. The van der Waals surface area contributed by atoms with E-state index in [9.17, 15) is 14.4 Å². The lowest BCUT2D eigenvalue weighted by molar-refractivity contribution is -0.132. The van der Waals surface area contributed by atoms with Gasteiger partial charge in [-0.1, -0.05) is 23.2 Å². The van der Waals surface area contributed by atoms with Crippen molar-refractivity contribution in [1.82, 2.24) is 0 Å². The Labute approximate surface area is 148 Å². The molecule has 2 rings (SSSR count). The summed E-state index contributed by atoms with van der Waals surface area (Å²) in [5.74, 6) is -1.95. The van der Waals surface area contributed by atoms with E-state index >= 15 is 0 Å². The van der Waals surface area contributed by atoms with Crippen molar-refractivity contribution in [3.63, 3.8) is 0 Å². The number of anilines is 3. The van der Waals surface area contributed by atoms with Gasteiger partial charge in [-0.05, 0) is 42.5 Å². The molecule has 0 aliphatic carbocycles. The zero-order valence-corrected chi connectivity index (χ0v) is 14.0. The number of benzene rings is 2. The molecule has 2 aromatic carbocycles. The summed E-state index contributed by atoms with van der Waals surface area (Å²) in [6.07, 6.45) is 0. The SMILES string of the molecule is CC(=O)Nc1ccc(NC(=O)C(=O)Nc2cc(Cl)ccc2Cl)cc1. The Morgan fingerprint density at radius 3 is 1.92 bits per heavy atom. The Balaban J connectivity index is 1.99. The Hall–Kier alpha value is -2.57. The lowest BCUT2D eigenvalue weighted by atomic mass is 10.2. The average Bonchev–Trinajstić information content (AvgIpc) is 2.52. The van der Waals surface area contributed by atoms with E-state index in [4.69, 9.17) is 23.2 Å². The van der Waals surface area contributed by atoms with Crippen molar-refractivity contribution >= 4 is 58.0 Å². The van der Waals surface area contributed by atoms with Gasteiger partial charge in [-0.25, -0.2) is 0 Å². The van der Waals surface area contributed by atoms with Gasteiger partial charge in [0.25, 0.3) is 0 Å². The van der Waals surface area contributed by atoms with Crippen LogP contribution in [0.3, 0.4) is 0 Å². The monoisotopic (exact) mass is 365 g/mol. The molecule has 0 bridgehead atoms. The molecule has 0 saturated heterocycles. The molecule has 0 aromatic heterocycles. The fourth-order valence-electron chi connectivity index (χ4n) is 1.80. The van der Waals surface area contributed by atoms with Gasteiger partial charge in [0.15, 0.2) is 0 Å². The molecule has 0 unspecified atom stereocenters. The number of hydrogen-bond donors (Lipinski definition) is 3. The molecule has 124 valence electrons. The van der Waals surface area contributed by atoms with Crippen LogP contribution < -0.4 is 16.0 Å². The molecule has 0 aliphatic heterocycles. The van der Waals surface area contributed by atoms with E-state index < -0.39 is 11.8 Å². The number of rotatable bonds is 3. The summed E-state index contributed by atoms with van der Waals surface area (Å²) < 4.78 is 0. The minimum absolute atomic E-state index is 0.204. The number of amides is 3. The number of carbonyl (C=O) groups excluding carboxylic acids is 3. The van der Waals surface area contributed by atoms with E-state index in [1.165, 1.54) is 19.1 Å². The lowest BCUT2D eigenvalue weighted by Gasteiger charge is -2.09. The number of nitrogens with one attached hydrogen (secondary N) is 3. The van der Waals surface area contributed by atoms with Crippen molar-refractivity contribution in [2.45, 2.75) is 6.92 Å². The normalized spacial score (nSPS) is 9.96. The first-order chi connectivity index (χ1) is 11.3. The summed E-state index contributed by atoms with van der Waals surface area (Å²) in [6.45, 7) is 1.39. The Bertz CT molecular complexity index is 792. The van der Waals surface area contributed by atoms with Crippen LogP contribution in [0.25, 0.3) is 0 Å². The van der Waals surface area contributed by atoms with Gasteiger partial charge in [0.05, 0.1) is 10.7 Å². The molecule has 0 fully saturated rings. The minimum Gasteiger partial charge on any atom is -0.326 e. The van der Waals surface area contributed by atoms with Crippen molar-refractivity contribution in [3.8, 4) is 0 Å². The molecule has 0 saturated carbocycles. The topological polar surface area (TPSA) is 87.3 Å². The van der Waals surface area contributed by atoms with Gasteiger partial charge in [-0.15, -0.1) is 0 Å². The summed E-state index contributed by atoms with van der Waals surface area (Å²) in [5.41, 5.74) is 1.22. The first-order valence-electron chi connectivity index (χ1n) is 6.80. The third-order valence-corrected chi connectivity index (χ3v) is 3.41. The van der Waals surface area contributed by atoms with Crippen LogP contribution in [0.5, 0.6) is 0 Å². The largest absolute Gasteiger partial charge is 0.326 e. The van der Waals surface area contributed by atoms with E-state index in [-0.39, 0.29) is 16.6 Å². The van der Waals surface area contributed by atoms with E-state index in [0.29, 0.717) is 16.4 Å². The molecule has 0 spiro atoms. The maximum Gasteiger partial charge on any atom is 0.314 e. The molecular formula is C16H13Cl2N3O3. The standard InChI is InChI=1S/C16H13Cl2N3O3/c1-9(22)19-11-3-5-12(6-4-11)20-15(23)16(24)21-14-8-10(17)2-7-13(14)18/h2-8H,1H3,(H,19,22)(H,20,23)(H,21,24).